The van der Waals surface area contributed by atoms with Gasteiger partial charge in [-0.2, -0.15) is 0 Å². The minimum absolute atomic E-state index is 0.302. The molecule has 1 aliphatic heterocycles. The first kappa shape index (κ1) is 9.47. The van der Waals surface area contributed by atoms with Crippen molar-refractivity contribution in [2.75, 3.05) is 6.54 Å². The van der Waals surface area contributed by atoms with Crippen molar-refractivity contribution in [1.82, 2.24) is 19.9 Å². The molecule has 1 N–H and O–H groups in total. The van der Waals surface area contributed by atoms with Crippen molar-refractivity contribution in [3.05, 3.63) is 36.3 Å². The van der Waals surface area contributed by atoms with Crippen molar-refractivity contribution in [2.24, 2.45) is 0 Å². The zero-order valence-corrected chi connectivity index (χ0v) is 8.65. The van der Waals surface area contributed by atoms with Gasteiger partial charge in [0.15, 0.2) is 5.82 Å². The van der Waals surface area contributed by atoms with Gasteiger partial charge >= 0.3 is 0 Å². The van der Waals surface area contributed by atoms with Gasteiger partial charge in [0.2, 0.25) is 0 Å². The molecule has 0 saturated heterocycles. The highest BCUT2D eigenvalue weighted by molar-refractivity contribution is 5.59. The zero-order valence-electron chi connectivity index (χ0n) is 8.65. The molecule has 3 heterocycles. The Bertz CT molecular complexity index is 520. The molecule has 3 rings (SSSR count). The molecular weight excluding hydrogens is 207 g/mol. The molecule has 2 aromatic rings. The van der Waals surface area contributed by atoms with Gasteiger partial charge in [-0.1, -0.05) is 0 Å². The third kappa shape index (κ3) is 1.40. The number of pyridine rings is 1. The average molecular weight is 218 g/mol. The fraction of sp³-hybridized carbons (Fsp3) is 0.273. The number of hydrogen-bond donors (Lipinski definition) is 1. The van der Waals surface area contributed by atoms with E-state index in [4.69, 9.17) is 0 Å². The van der Waals surface area contributed by atoms with Gasteiger partial charge in [-0.15, -0.1) is 0 Å². The fourth-order valence-electron chi connectivity index (χ4n) is 1.99. The van der Waals surface area contributed by atoms with E-state index >= 15 is 0 Å². The molecule has 0 saturated carbocycles. The lowest BCUT2D eigenvalue weighted by molar-refractivity contribution is 0.507. The molecule has 5 heteroatoms. The third-order valence-corrected chi connectivity index (χ3v) is 2.78. The van der Waals surface area contributed by atoms with E-state index < -0.39 is 0 Å². The van der Waals surface area contributed by atoms with E-state index in [9.17, 15) is 4.39 Å². The van der Waals surface area contributed by atoms with E-state index in [1.807, 2.05) is 0 Å². The van der Waals surface area contributed by atoms with E-state index in [2.05, 4.69) is 19.9 Å². The van der Waals surface area contributed by atoms with Gasteiger partial charge in [0, 0.05) is 24.8 Å². The van der Waals surface area contributed by atoms with E-state index in [0.717, 1.165) is 31.2 Å². The second kappa shape index (κ2) is 3.68. The van der Waals surface area contributed by atoms with Crippen LogP contribution in [0, 0.1) is 5.82 Å². The molecule has 0 unspecified atom stereocenters. The molecule has 0 bridgehead atoms. The summed E-state index contributed by atoms with van der Waals surface area (Å²) < 4.78 is 15.7. The first-order valence-corrected chi connectivity index (χ1v) is 5.21. The molecule has 0 amide bonds. The number of halogens is 1. The molecule has 0 aliphatic carbocycles. The van der Waals surface area contributed by atoms with Crippen LogP contribution < -0.4 is 5.32 Å². The molecule has 0 radical (unpaired) electrons. The Morgan fingerprint density at radius 3 is 3.19 bits per heavy atom. The summed E-state index contributed by atoms with van der Waals surface area (Å²) in [6.07, 6.45) is 4.55. The lowest BCUT2D eigenvalue weighted by Crippen LogP contribution is -2.28. The summed E-state index contributed by atoms with van der Waals surface area (Å²) in [6.45, 7) is 2.46. The number of rotatable bonds is 1. The smallest absolute Gasteiger partial charge is 0.150 e. The Balaban J connectivity index is 2.13. The predicted molar refractivity (Wildman–Crippen MR) is 57.1 cm³/mol. The molecule has 0 fully saturated rings. The van der Waals surface area contributed by atoms with Crippen LogP contribution in [-0.4, -0.2) is 21.1 Å². The van der Waals surface area contributed by atoms with Crippen LogP contribution >= 0.6 is 0 Å². The van der Waals surface area contributed by atoms with Gasteiger partial charge in [-0.3, -0.25) is 4.98 Å². The van der Waals surface area contributed by atoms with E-state index in [-0.39, 0.29) is 5.82 Å². The van der Waals surface area contributed by atoms with Gasteiger partial charge < -0.3 is 9.88 Å². The highest BCUT2D eigenvalue weighted by Gasteiger charge is 2.16. The molecule has 2 aromatic heterocycles. The van der Waals surface area contributed by atoms with Crippen LogP contribution in [0.4, 0.5) is 4.39 Å². The van der Waals surface area contributed by atoms with Crippen LogP contribution in [0.3, 0.4) is 0 Å². The maximum Gasteiger partial charge on any atom is 0.150 e. The van der Waals surface area contributed by atoms with Crippen molar-refractivity contribution < 1.29 is 4.39 Å². The quantitative estimate of drug-likeness (QED) is 0.781. The standard InChI is InChI=1S/C11H11FN4/c12-9-5-13-2-1-8(9)10-6-15-11-7-14-3-4-16(10)11/h1-2,5-6,14H,3-4,7H2. The third-order valence-electron chi connectivity index (χ3n) is 2.78. The lowest BCUT2D eigenvalue weighted by Gasteiger charge is -2.17. The van der Waals surface area contributed by atoms with Crippen LogP contribution in [0.1, 0.15) is 5.82 Å². The van der Waals surface area contributed by atoms with Crippen LogP contribution in [0.2, 0.25) is 0 Å². The molecule has 0 spiro atoms. The summed E-state index contributed by atoms with van der Waals surface area (Å²) in [7, 11) is 0. The SMILES string of the molecule is Fc1cnccc1-c1cnc2n1CCNC2. The summed E-state index contributed by atoms with van der Waals surface area (Å²) in [5.41, 5.74) is 1.40. The predicted octanol–water partition coefficient (Wildman–Crippen LogP) is 1.19. The molecule has 82 valence electrons. The Morgan fingerprint density at radius 2 is 2.31 bits per heavy atom. The van der Waals surface area contributed by atoms with Gasteiger partial charge in [-0.25, -0.2) is 9.37 Å². The van der Waals surface area contributed by atoms with Crippen molar-refractivity contribution in [1.29, 1.82) is 0 Å². The summed E-state index contributed by atoms with van der Waals surface area (Å²) in [6, 6.07) is 1.68. The van der Waals surface area contributed by atoms with Crippen LogP contribution in [0.5, 0.6) is 0 Å². The van der Waals surface area contributed by atoms with Gasteiger partial charge in [0.05, 0.1) is 24.6 Å². The van der Waals surface area contributed by atoms with Gasteiger partial charge in [0.1, 0.15) is 5.82 Å². The molecular formula is C11H11FN4. The molecule has 0 aromatic carbocycles. The Kier molecular flexibility index (Phi) is 2.18. The second-order valence-electron chi connectivity index (χ2n) is 3.74. The summed E-state index contributed by atoms with van der Waals surface area (Å²) in [5, 5.41) is 3.23. The Labute approximate surface area is 92.2 Å². The normalized spacial score (nSPS) is 14.8. The topological polar surface area (TPSA) is 42.7 Å². The van der Waals surface area contributed by atoms with Crippen molar-refractivity contribution >= 4 is 0 Å². The maximum atomic E-state index is 13.6. The van der Waals surface area contributed by atoms with Crippen LogP contribution in [0.15, 0.2) is 24.7 Å². The number of hydrogen-bond acceptors (Lipinski definition) is 3. The molecule has 4 nitrogen and oxygen atoms in total. The number of aromatic nitrogens is 3. The number of nitrogens with one attached hydrogen (secondary N) is 1. The summed E-state index contributed by atoms with van der Waals surface area (Å²) >= 11 is 0. The number of imidazole rings is 1. The first-order chi connectivity index (χ1) is 7.86. The fourth-order valence-corrected chi connectivity index (χ4v) is 1.99. The zero-order chi connectivity index (χ0) is 11.0. The molecule has 0 atom stereocenters. The van der Waals surface area contributed by atoms with E-state index in [1.54, 1.807) is 18.5 Å². The largest absolute Gasteiger partial charge is 0.326 e. The minimum atomic E-state index is -0.302. The van der Waals surface area contributed by atoms with E-state index in [1.165, 1.54) is 6.20 Å². The number of fused-ring (bicyclic) bond motifs is 1. The van der Waals surface area contributed by atoms with Crippen LogP contribution in [-0.2, 0) is 13.1 Å². The average Bonchev–Trinajstić information content (AvgIpc) is 2.74. The lowest BCUT2D eigenvalue weighted by atomic mass is 10.2. The Hall–Kier alpha value is -1.75. The molecule has 1 aliphatic rings. The van der Waals surface area contributed by atoms with E-state index in [0.29, 0.717) is 5.56 Å². The summed E-state index contributed by atoms with van der Waals surface area (Å²) in [4.78, 5) is 8.04. The molecule has 16 heavy (non-hydrogen) atoms. The van der Waals surface area contributed by atoms with Crippen molar-refractivity contribution in [3.63, 3.8) is 0 Å². The van der Waals surface area contributed by atoms with Crippen molar-refractivity contribution in [2.45, 2.75) is 13.1 Å². The minimum Gasteiger partial charge on any atom is -0.326 e. The second-order valence-corrected chi connectivity index (χ2v) is 3.74. The highest BCUT2D eigenvalue weighted by atomic mass is 19.1. The number of nitrogens with zero attached hydrogens (tertiary/aromatic N) is 3. The first-order valence-electron chi connectivity index (χ1n) is 5.21. The van der Waals surface area contributed by atoms with Crippen molar-refractivity contribution in [3.8, 4) is 11.3 Å². The van der Waals surface area contributed by atoms with Gasteiger partial charge in [-0.05, 0) is 6.07 Å². The van der Waals surface area contributed by atoms with Gasteiger partial charge in [0.25, 0.3) is 0 Å². The van der Waals surface area contributed by atoms with Crippen LogP contribution in [0.25, 0.3) is 11.3 Å². The summed E-state index contributed by atoms with van der Waals surface area (Å²) in [5.74, 6) is 0.654. The monoisotopic (exact) mass is 218 g/mol. The highest BCUT2D eigenvalue weighted by Crippen LogP contribution is 2.23. The Morgan fingerprint density at radius 1 is 1.38 bits per heavy atom. The maximum absolute atomic E-state index is 13.6.